The molecule has 3 rings (SSSR count). The van der Waals surface area contributed by atoms with Gasteiger partial charge in [0, 0.05) is 17.2 Å². The second kappa shape index (κ2) is 6.61. The van der Waals surface area contributed by atoms with E-state index in [1.807, 2.05) is 38.1 Å². The first kappa shape index (κ1) is 19.3. The van der Waals surface area contributed by atoms with Gasteiger partial charge in [0.2, 0.25) is 0 Å². The number of anilines is 1. The fraction of sp³-hybridized carbons (Fsp3) is 0.391. The third kappa shape index (κ3) is 3.30. The fourth-order valence-electron chi connectivity index (χ4n) is 3.63. The van der Waals surface area contributed by atoms with Gasteiger partial charge in [-0.25, -0.2) is 0 Å². The number of rotatable bonds is 4. The average molecular weight is 365 g/mol. The zero-order chi connectivity index (χ0) is 20.0. The maximum atomic E-state index is 13.0. The molecule has 1 atom stereocenters. The summed E-state index contributed by atoms with van der Waals surface area (Å²) < 4.78 is 0. The number of carbonyl (C=O) groups is 2. The van der Waals surface area contributed by atoms with Crippen molar-refractivity contribution >= 4 is 17.4 Å². The Hall–Kier alpha value is -2.46. The van der Waals surface area contributed by atoms with Crippen LogP contribution in [0.2, 0.25) is 0 Å². The second-order valence-electron chi connectivity index (χ2n) is 8.57. The zero-order valence-corrected chi connectivity index (χ0v) is 16.6. The second-order valence-corrected chi connectivity index (χ2v) is 8.57. The molecule has 4 nitrogen and oxygen atoms in total. The van der Waals surface area contributed by atoms with Crippen LogP contribution in [-0.4, -0.2) is 22.8 Å². The summed E-state index contributed by atoms with van der Waals surface area (Å²) in [5.41, 5.74) is 0.994. The van der Waals surface area contributed by atoms with Crippen LogP contribution in [0.4, 0.5) is 5.69 Å². The Bertz CT molecular complexity index is 877. The number of hydrogen-bond donors (Lipinski definition) is 1. The van der Waals surface area contributed by atoms with Crippen molar-refractivity contribution in [3.05, 3.63) is 65.2 Å². The highest BCUT2D eigenvalue weighted by Crippen LogP contribution is 2.43. The maximum absolute atomic E-state index is 13.0. The lowest BCUT2D eigenvalue weighted by Crippen LogP contribution is -2.44. The Balaban J connectivity index is 1.92. The summed E-state index contributed by atoms with van der Waals surface area (Å²) in [5, 5.41) is 11.2. The van der Waals surface area contributed by atoms with Crippen molar-refractivity contribution in [2.75, 3.05) is 4.90 Å². The van der Waals surface area contributed by atoms with E-state index in [4.69, 9.17) is 0 Å². The zero-order valence-electron chi connectivity index (χ0n) is 16.6. The number of para-hydroxylation sites is 1. The van der Waals surface area contributed by atoms with Gasteiger partial charge in [-0.2, -0.15) is 0 Å². The molecule has 0 spiro atoms. The van der Waals surface area contributed by atoms with Crippen molar-refractivity contribution in [1.82, 2.24) is 0 Å². The third-order valence-electron chi connectivity index (χ3n) is 5.19. The van der Waals surface area contributed by atoms with Gasteiger partial charge in [-0.3, -0.25) is 9.59 Å². The number of ketones is 1. The van der Waals surface area contributed by atoms with E-state index in [0.29, 0.717) is 16.8 Å². The first-order valence-corrected chi connectivity index (χ1v) is 9.35. The lowest BCUT2D eigenvalue weighted by molar-refractivity contribution is -0.136. The van der Waals surface area contributed by atoms with Gasteiger partial charge in [0.15, 0.2) is 11.4 Å². The van der Waals surface area contributed by atoms with Crippen LogP contribution in [0.25, 0.3) is 0 Å². The molecule has 0 aliphatic carbocycles. The van der Waals surface area contributed by atoms with E-state index in [1.165, 1.54) is 0 Å². The molecule has 142 valence electrons. The predicted octanol–water partition coefficient (Wildman–Crippen LogP) is 4.20. The molecular formula is C23H27NO3. The molecule has 2 aromatic rings. The Morgan fingerprint density at radius 3 is 2.22 bits per heavy atom. The molecule has 0 aromatic heterocycles. The van der Waals surface area contributed by atoms with Gasteiger partial charge >= 0.3 is 0 Å². The molecule has 1 aliphatic rings. The Morgan fingerprint density at radius 2 is 1.67 bits per heavy atom. The van der Waals surface area contributed by atoms with Crippen LogP contribution in [0.5, 0.6) is 0 Å². The lowest BCUT2D eigenvalue weighted by atomic mass is 9.85. The molecule has 27 heavy (non-hydrogen) atoms. The number of Topliss-reactive ketones (excluding diaryl/α,β-unsaturated/α-hetero) is 1. The van der Waals surface area contributed by atoms with Crippen molar-refractivity contribution in [1.29, 1.82) is 0 Å². The van der Waals surface area contributed by atoms with Crippen LogP contribution in [0.15, 0.2) is 48.5 Å². The number of aliphatic hydroxyl groups is 1. The fourth-order valence-corrected chi connectivity index (χ4v) is 3.63. The van der Waals surface area contributed by atoms with Gasteiger partial charge in [0.1, 0.15) is 0 Å². The summed E-state index contributed by atoms with van der Waals surface area (Å²) in [4.78, 5) is 27.4. The van der Waals surface area contributed by atoms with E-state index in [-0.39, 0.29) is 23.7 Å². The number of benzene rings is 2. The highest BCUT2D eigenvalue weighted by atomic mass is 16.3. The summed E-state index contributed by atoms with van der Waals surface area (Å²) in [5.74, 6) is -0.676. The van der Waals surface area contributed by atoms with E-state index in [9.17, 15) is 14.7 Å². The average Bonchev–Trinajstić information content (AvgIpc) is 2.82. The number of fused-ring (bicyclic) bond motifs is 1. The van der Waals surface area contributed by atoms with Crippen LogP contribution < -0.4 is 4.90 Å². The van der Waals surface area contributed by atoms with Crippen molar-refractivity contribution in [2.24, 2.45) is 0 Å². The van der Waals surface area contributed by atoms with Gasteiger partial charge < -0.3 is 10.0 Å². The largest absolute Gasteiger partial charge is 0.375 e. The number of hydrogen-bond acceptors (Lipinski definition) is 3. The van der Waals surface area contributed by atoms with Crippen LogP contribution in [-0.2, 0) is 15.8 Å². The van der Waals surface area contributed by atoms with E-state index in [2.05, 4.69) is 20.8 Å². The molecule has 1 aliphatic heterocycles. The van der Waals surface area contributed by atoms with Crippen LogP contribution in [0.1, 0.15) is 62.5 Å². The minimum absolute atomic E-state index is 0.00208. The molecule has 0 unspecified atom stereocenters. The van der Waals surface area contributed by atoms with Gasteiger partial charge in [-0.15, -0.1) is 0 Å². The predicted molar refractivity (Wildman–Crippen MR) is 107 cm³/mol. The Kier molecular flexibility index (Phi) is 4.73. The highest BCUT2D eigenvalue weighted by Gasteiger charge is 2.51. The summed E-state index contributed by atoms with van der Waals surface area (Å²) in [6.07, 6.45) is -0.263. The normalized spacial score (nSPS) is 19.5. The first-order chi connectivity index (χ1) is 12.6. The van der Waals surface area contributed by atoms with Crippen LogP contribution in [0.3, 0.4) is 0 Å². The van der Waals surface area contributed by atoms with Gasteiger partial charge in [0.25, 0.3) is 5.91 Å². The molecule has 1 N–H and O–H groups in total. The molecule has 0 saturated carbocycles. The van der Waals surface area contributed by atoms with Crippen LogP contribution in [0, 0.1) is 0 Å². The molecule has 4 heteroatoms. The topological polar surface area (TPSA) is 57.6 Å². The van der Waals surface area contributed by atoms with Gasteiger partial charge in [-0.1, -0.05) is 63.2 Å². The van der Waals surface area contributed by atoms with Crippen molar-refractivity contribution < 1.29 is 14.7 Å². The van der Waals surface area contributed by atoms with Gasteiger partial charge in [-0.05, 0) is 30.9 Å². The van der Waals surface area contributed by atoms with Gasteiger partial charge in [0.05, 0.1) is 12.1 Å². The van der Waals surface area contributed by atoms with Crippen molar-refractivity contribution in [2.45, 2.75) is 58.1 Å². The lowest BCUT2D eigenvalue weighted by Gasteiger charge is -2.25. The van der Waals surface area contributed by atoms with E-state index in [0.717, 1.165) is 5.56 Å². The smallest absolute Gasteiger partial charge is 0.264 e. The Labute approximate surface area is 160 Å². The maximum Gasteiger partial charge on any atom is 0.264 e. The Morgan fingerprint density at radius 1 is 1.07 bits per heavy atom. The first-order valence-electron chi connectivity index (χ1n) is 9.35. The van der Waals surface area contributed by atoms with Crippen molar-refractivity contribution in [3.63, 3.8) is 0 Å². The molecule has 1 heterocycles. The number of carbonyl (C=O) groups excluding carboxylic acids is 2. The molecule has 0 bridgehead atoms. The highest BCUT2D eigenvalue weighted by molar-refractivity contribution is 6.11. The van der Waals surface area contributed by atoms with E-state index < -0.39 is 11.5 Å². The SMILES string of the molecule is CC(C)N1C(=O)[C@@](O)(CC(=O)c2ccc(C(C)(C)C)cc2)c2ccccc21. The number of amides is 1. The molecule has 1 amide bonds. The minimum Gasteiger partial charge on any atom is -0.375 e. The standard InChI is InChI=1S/C23H27NO3/c1-15(2)24-19-9-7-6-8-18(19)23(27,21(24)26)14-20(25)16-10-12-17(13-11-16)22(3,4)5/h6-13,15,27H,14H2,1-5H3/t23-/m1/s1. The summed E-state index contributed by atoms with van der Waals surface area (Å²) in [7, 11) is 0. The summed E-state index contributed by atoms with van der Waals surface area (Å²) in [6.45, 7) is 10.1. The van der Waals surface area contributed by atoms with Crippen LogP contribution >= 0.6 is 0 Å². The van der Waals surface area contributed by atoms with E-state index in [1.54, 1.807) is 29.2 Å². The number of nitrogens with zero attached hydrogens (tertiary/aromatic N) is 1. The third-order valence-corrected chi connectivity index (χ3v) is 5.19. The van der Waals surface area contributed by atoms with E-state index >= 15 is 0 Å². The summed E-state index contributed by atoms with van der Waals surface area (Å²) in [6, 6.07) is 14.5. The minimum atomic E-state index is -1.82. The van der Waals surface area contributed by atoms with Crippen molar-refractivity contribution in [3.8, 4) is 0 Å². The molecule has 0 fully saturated rings. The monoisotopic (exact) mass is 365 g/mol. The quantitative estimate of drug-likeness (QED) is 0.826. The molecule has 0 saturated heterocycles. The summed E-state index contributed by atoms with van der Waals surface area (Å²) >= 11 is 0. The molecule has 0 radical (unpaired) electrons. The molecular weight excluding hydrogens is 338 g/mol. The molecule has 2 aromatic carbocycles.